The summed E-state index contributed by atoms with van der Waals surface area (Å²) < 4.78 is 18.2. The van der Waals surface area contributed by atoms with Crippen LogP contribution in [-0.2, 0) is 0 Å². The van der Waals surface area contributed by atoms with Crippen molar-refractivity contribution in [3.63, 3.8) is 0 Å². The topological polar surface area (TPSA) is 41.5 Å². The second-order valence-corrected chi connectivity index (χ2v) is 6.84. The maximum atomic E-state index is 12.8. The Balaban J connectivity index is 1.19. The molecule has 3 aliphatic rings. The van der Waals surface area contributed by atoms with Crippen molar-refractivity contribution in [2.24, 2.45) is 23.7 Å². The lowest BCUT2D eigenvalue weighted by atomic mass is 10.0. The molecule has 0 saturated heterocycles. The molecule has 0 spiro atoms. The molecular weight excluding hydrogens is 269 g/mol. The van der Waals surface area contributed by atoms with Crippen LogP contribution in [0.3, 0.4) is 0 Å². The van der Waals surface area contributed by atoms with E-state index >= 15 is 0 Å². The zero-order chi connectivity index (χ0) is 14.4. The van der Waals surface area contributed by atoms with Crippen LogP contribution in [0.5, 0.6) is 5.75 Å². The molecule has 0 amide bonds. The van der Waals surface area contributed by atoms with Gasteiger partial charge in [-0.3, -0.25) is 0 Å². The van der Waals surface area contributed by atoms with Crippen molar-refractivity contribution in [2.75, 3.05) is 13.2 Å². The summed E-state index contributed by atoms with van der Waals surface area (Å²) in [4.78, 5) is 0. The summed E-state index contributed by atoms with van der Waals surface area (Å²) in [5.74, 6) is 3.98. The molecule has 4 heteroatoms. The Labute approximate surface area is 124 Å². The van der Waals surface area contributed by atoms with Crippen molar-refractivity contribution in [3.05, 3.63) is 30.1 Å². The van der Waals surface area contributed by atoms with E-state index in [-0.39, 0.29) is 12.4 Å². The summed E-state index contributed by atoms with van der Waals surface area (Å²) >= 11 is 0. The van der Waals surface area contributed by atoms with Gasteiger partial charge in [0, 0.05) is 12.6 Å². The number of aliphatic hydroxyl groups is 1. The first-order valence-corrected chi connectivity index (χ1v) is 8.02. The minimum atomic E-state index is -0.519. The summed E-state index contributed by atoms with van der Waals surface area (Å²) in [5.41, 5.74) is 0. The van der Waals surface area contributed by atoms with E-state index in [4.69, 9.17) is 4.74 Å². The minimum Gasteiger partial charge on any atom is -0.491 e. The fourth-order valence-corrected chi connectivity index (χ4v) is 4.65. The smallest absolute Gasteiger partial charge is 0.123 e. The molecule has 3 aliphatic carbocycles. The largest absolute Gasteiger partial charge is 0.491 e. The average Bonchev–Trinajstić information content (AvgIpc) is 2.87. The molecule has 0 aliphatic heterocycles. The number of hydrogen-bond donors (Lipinski definition) is 2. The summed E-state index contributed by atoms with van der Waals surface area (Å²) in [5, 5.41) is 13.5. The number of hydrogen-bond acceptors (Lipinski definition) is 3. The Morgan fingerprint density at radius 1 is 1.19 bits per heavy atom. The van der Waals surface area contributed by atoms with E-state index in [1.165, 1.54) is 31.4 Å². The summed E-state index contributed by atoms with van der Waals surface area (Å²) in [6.07, 6.45) is 3.76. The van der Waals surface area contributed by atoms with Gasteiger partial charge < -0.3 is 15.2 Å². The van der Waals surface area contributed by atoms with Crippen LogP contribution < -0.4 is 10.1 Å². The fraction of sp³-hybridized carbons (Fsp3) is 0.647. The van der Waals surface area contributed by atoms with Gasteiger partial charge in [0.2, 0.25) is 0 Å². The lowest BCUT2D eigenvalue weighted by Crippen LogP contribution is -2.34. The predicted molar refractivity (Wildman–Crippen MR) is 77.5 cm³/mol. The van der Waals surface area contributed by atoms with Crippen LogP contribution in [0.25, 0.3) is 0 Å². The molecule has 5 atom stereocenters. The average molecular weight is 291 g/mol. The highest BCUT2D eigenvalue weighted by Crippen LogP contribution is 2.65. The van der Waals surface area contributed by atoms with Crippen molar-refractivity contribution >= 4 is 0 Å². The summed E-state index contributed by atoms with van der Waals surface area (Å²) in [6.45, 7) is 0.825. The first-order valence-electron chi connectivity index (χ1n) is 8.02. The molecule has 1 aromatic rings. The molecule has 1 aromatic carbocycles. The maximum Gasteiger partial charge on any atom is 0.123 e. The first kappa shape index (κ1) is 13.5. The number of ether oxygens (including phenoxy) is 1. The standard InChI is InChI=1S/C17H22FNO2/c18-12-3-5-14(6-4-12)21-9-13(20)8-19-17-15-10-1-2-11(7-10)16(15)17/h3-6,10-11,13,15-17,19-20H,1-2,7-9H2. The Hall–Kier alpha value is -1.13. The van der Waals surface area contributed by atoms with Crippen LogP contribution in [0.4, 0.5) is 4.39 Å². The molecule has 3 saturated carbocycles. The van der Waals surface area contributed by atoms with E-state index in [2.05, 4.69) is 5.32 Å². The molecule has 114 valence electrons. The van der Waals surface area contributed by atoms with Crippen molar-refractivity contribution in [2.45, 2.75) is 31.4 Å². The monoisotopic (exact) mass is 291 g/mol. The number of benzene rings is 1. The van der Waals surface area contributed by atoms with E-state index in [0.29, 0.717) is 18.3 Å². The van der Waals surface area contributed by atoms with Crippen molar-refractivity contribution in [1.82, 2.24) is 5.32 Å². The van der Waals surface area contributed by atoms with Crippen molar-refractivity contribution in [1.29, 1.82) is 0 Å². The van der Waals surface area contributed by atoms with Gasteiger partial charge in [-0.1, -0.05) is 0 Å². The number of aliphatic hydroxyl groups excluding tert-OH is 1. The lowest BCUT2D eigenvalue weighted by Gasteiger charge is -2.15. The Kier molecular flexibility index (Phi) is 3.38. The van der Waals surface area contributed by atoms with Crippen LogP contribution in [0.2, 0.25) is 0 Å². The molecule has 2 N–H and O–H groups in total. The number of rotatable bonds is 6. The van der Waals surface area contributed by atoms with Crippen LogP contribution >= 0.6 is 0 Å². The molecule has 5 unspecified atom stereocenters. The van der Waals surface area contributed by atoms with Crippen LogP contribution in [0, 0.1) is 29.5 Å². The molecular formula is C17H22FNO2. The SMILES string of the molecule is OC(CNC1C2C3CCC(C3)C12)COc1ccc(F)cc1. The van der Waals surface area contributed by atoms with Crippen LogP contribution in [0.1, 0.15) is 19.3 Å². The second-order valence-electron chi connectivity index (χ2n) is 6.84. The third-order valence-electron chi connectivity index (χ3n) is 5.58. The number of halogens is 1. The van der Waals surface area contributed by atoms with E-state index in [1.807, 2.05) is 0 Å². The van der Waals surface area contributed by atoms with Gasteiger partial charge in [0.25, 0.3) is 0 Å². The van der Waals surface area contributed by atoms with E-state index < -0.39 is 6.10 Å². The van der Waals surface area contributed by atoms with E-state index in [1.54, 1.807) is 12.1 Å². The van der Waals surface area contributed by atoms with Gasteiger partial charge >= 0.3 is 0 Å². The highest BCUT2D eigenvalue weighted by molar-refractivity contribution is 5.22. The number of fused-ring (bicyclic) bond motifs is 5. The molecule has 2 bridgehead atoms. The molecule has 0 aromatic heterocycles. The highest BCUT2D eigenvalue weighted by atomic mass is 19.1. The van der Waals surface area contributed by atoms with Gasteiger partial charge in [-0.2, -0.15) is 0 Å². The van der Waals surface area contributed by atoms with Gasteiger partial charge in [0.15, 0.2) is 0 Å². The van der Waals surface area contributed by atoms with E-state index in [0.717, 1.165) is 23.7 Å². The van der Waals surface area contributed by atoms with Crippen LogP contribution in [0.15, 0.2) is 24.3 Å². The summed E-state index contributed by atoms with van der Waals surface area (Å²) in [6, 6.07) is 6.52. The van der Waals surface area contributed by atoms with Gasteiger partial charge in [-0.25, -0.2) is 4.39 Å². The van der Waals surface area contributed by atoms with E-state index in [9.17, 15) is 9.50 Å². The third kappa shape index (κ3) is 2.55. The molecule has 0 heterocycles. The molecule has 3 nitrogen and oxygen atoms in total. The Bertz CT molecular complexity index is 490. The quantitative estimate of drug-likeness (QED) is 0.844. The van der Waals surface area contributed by atoms with Crippen molar-refractivity contribution < 1.29 is 14.2 Å². The number of nitrogens with one attached hydrogen (secondary N) is 1. The van der Waals surface area contributed by atoms with Gasteiger partial charge in [-0.15, -0.1) is 0 Å². The normalized spacial score (nSPS) is 37.3. The maximum absolute atomic E-state index is 12.8. The van der Waals surface area contributed by atoms with Gasteiger partial charge in [0.05, 0.1) is 0 Å². The van der Waals surface area contributed by atoms with Gasteiger partial charge in [-0.05, 0) is 67.2 Å². The fourth-order valence-electron chi connectivity index (χ4n) is 4.65. The highest BCUT2D eigenvalue weighted by Gasteiger charge is 2.64. The Morgan fingerprint density at radius 3 is 2.52 bits per heavy atom. The zero-order valence-electron chi connectivity index (χ0n) is 12.0. The minimum absolute atomic E-state index is 0.244. The molecule has 21 heavy (non-hydrogen) atoms. The zero-order valence-corrected chi connectivity index (χ0v) is 12.0. The molecule has 0 radical (unpaired) electrons. The molecule has 3 fully saturated rings. The predicted octanol–water partition coefficient (Wildman–Crippen LogP) is 2.20. The second kappa shape index (κ2) is 5.25. The van der Waals surface area contributed by atoms with Crippen molar-refractivity contribution in [3.8, 4) is 5.75 Å². The Morgan fingerprint density at radius 2 is 1.86 bits per heavy atom. The summed E-state index contributed by atoms with van der Waals surface area (Å²) in [7, 11) is 0. The van der Waals surface area contributed by atoms with Crippen LogP contribution in [-0.4, -0.2) is 30.4 Å². The lowest BCUT2D eigenvalue weighted by molar-refractivity contribution is 0.105. The first-order chi connectivity index (χ1) is 10.2. The molecule has 4 rings (SSSR count). The third-order valence-corrected chi connectivity index (χ3v) is 5.58. The van der Waals surface area contributed by atoms with Gasteiger partial charge in [0.1, 0.15) is 24.3 Å².